The predicted octanol–water partition coefficient (Wildman–Crippen LogP) is 5.05. The molecule has 0 unspecified atom stereocenters. The van der Waals surface area contributed by atoms with Gasteiger partial charge in [-0.05, 0) is 66.3 Å². The molecule has 0 aliphatic heterocycles. The van der Waals surface area contributed by atoms with E-state index in [4.69, 9.17) is 9.57 Å². The molecule has 4 nitrogen and oxygen atoms in total. The van der Waals surface area contributed by atoms with Gasteiger partial charge in [0.15, 0.2) is 0 Å². The third-order valence-corrected chi connectivity index (χ3v) is 5.17. The molecule has 0 aromatic heterocycles. The van der Waals surface area contributed by atoms with Crippen LogP contribution in [0.4, 0.5) is 0 Å². The van der Waals surface area contributed by atoms with E-state index in [2.05, 4.69) is 12.1 Å². The number of carbonyl (C=O) groups excluding carboxylic acids is 1. The lowest BCUT2D eigenvalue weighted by Gasteiger charge is -2.21. The van der Waals surface area contributed by atoms with Gasteiger partial charge in [0.1, 0.15) is 5.75 Å². The second kappa shape index (κ2) is 7.23. The SMILES string of the molecule is COc1ccc2c(c1C)CCC/C2=N\OC(=O)c1cccc2ccccc12. The molecule has 0 N–H and O–H groups in total. The summed E-state index contributed by atoms with van der Waals surface area (Å²) in [6.07, 6.45) is 2.75. The Bertz CT molecular complexity index is 1050. The highest BCUT2D eigenvalue weighted by Crippen LogP contribution is 2.31. The summed E-state index contributed by atoms with van der Waals surface area (Å²) in [7, 11) is 1.68. The largest absolute Gasteiger partial charge is 0.496 e. The summed E-state index contributed by atoms with van der Waals surface area (Å²) in [6.45, 7) is 2.06. The highest BCUT2D eigenvalue weighted by atomic mass is 16.7. The van der Waals surface area contributed by atoms with E-state index in [-0.39, 0.29) is 0 Å². The van der Waals surface area contributed by atoms with Crippen LogP contribution in [-0.2, 0) is 11.3 Å². The highest BCUT2D eigenvalue weighted by Gasteiger charge is 2.21. The van der Waals surface area contributed by atoms with Gasteiger partial charge in [0.25, 0.3) is 0 Å². The summed E-state index contributed by atoms with van der Waals surface area (Å²) in [5.74, 6) is 0.444. The second-order valence-electron chi connectivity index (χ2n) is 6.72. The van der Waals surface area contributed by atoms with Crippen molar-refractivity contribution in [1.82, 2.24) is 0 Å². The minimum atomic E-state index is -0.434. The fraction of sp³-hybridized carbons (Fsp3) is 0.217. The molecule has 4 rings (SSSR count). The van der Waals surface area contributed by atoms with Gasteiger partial charge in [-0.2, -0.15) is 0 Å². The number of ether oxygens (including phenoxy) is 1. The van der Waals surface area contributed by atoms with Crippen molar-refractivity contribution in [2.45, 2.75) is 26.2 Å². The fourth-order valence-electron chi connectivity index (χ4n) is 3.76. The summed E-state index contributed by atoms with van der Waals surface area (Å²) < 4.78 is 5.42. The second-order valence-corrected chi connectivity index (χ2v) is 6.72. The predicted molar refractivity (Wildman–Crippen MR) is 107 cm³/mol. The standard InChI is InChI=1S/C23H21NO3/c1-15-17-10-6-12-21(19(17)13-14-22(15)26-2)24-27-23(25)20-11-5-8-16-7-3-4-9-18(16)20/h3-5,7-9,11,13-14H,6,10,12H2,1-2H3/b24-21+. The molecular formula is C23H21NO3. The first-order valence-electron chi connectivity index (χ1n) is 9.12. The van der Waals surface area contributed by atoms with Crippen molar-refractivity contribution in [2.24, 2.45) is 5.16 Å². The zero-order valence-electron chi connectivity index (χ0n) is 15.5. The van der Waals surface area contributed by atoms with Crippen LogP contribution in [0.2, 0.25) is 0 Å². The molecular weight excluding hydrogens is 338 g/mol. The number of benzene rings is 3. The first-order chi connectivity index (χ1) is 13.2. The molecule has 0 amide bonds. The summed E-state index contributed by atoms with van der Waals surface area (Å²) in [6, 6.07) is 17.3. The van der Waals surface area contributed by atoms with Crippen molar-refractivity contribution in [1.29, 1.82) is 0 Å². The van der Waals surface area contributed by atoms with Gasteiger partial charge in [0.2, 0.25) is 0 Å². The lowest BCUT2D eigenvalue weighted by atomic mass is 9.87. The van der Waals surface area contributed by atoms with Crippen molar-refractivity contribution < 1.29 is 14.4 Å². The molecule has 0 radical (unpaired) electrons. The summed E-state index contributed by atoms with van der Waals surface area (Å²) >= 11 is 0. The third-order valence-electron chi connectivity index (χ3n) is 5.17. The quantitative estimate of drug-likeness (QED) is 0.485. The van der Waals surface area contributed by atoms with Crippen LogP contribution in [0.15, 0.2) is 59.8 Å². The normalized spacial score (nSPS) is 14.8. The Hall–Kier alpha value is -3.14. The van der Waals surface area contributed by atoms with Crippen LogP contribution in [0.3, 0.4) is 0 Å². The average molecular weight is 359 g/mol. The maximum atomic E-state index is 12.6. The molecule has 27 heavy (non-hydrogen) atoms. The Balaban J connectivity index is 1.64. The number of hydrogen-bond acceptors (Lipinski definition) is 4. The molecule has 0 saturated carbocycles. The van der Waals surface area contributed by atoms with Gasteiger partial charge in [-0.25, -0.2) is 4.79 Å². The molecule has 0 fully saturated rings. The van der Waals surface area contributed by atoms with Crippen molar-refractivity contribution in [3.8, 4) is 5.75 Å². The van der Waals surface area contributed by atoms with Crippen molar-refractivity contribution in [3.05, 3.63) is 76.9 Å². The van der Waals surface area contributed by atoms with Crippen LogP contribution in [0.25, 0.3) is 10.8 Å². The summed E-state index contributed by atoms with van der Waals surface area (Å²) in [5.41, 5.74) is 4.74. The first-order valence-corrected chi connectivity index (χ1v) is 9.12. The maximum Gasteiger partial charge on any atom is 0.366 e. The Morgan fingerprint density at radius 3 is 2.67 bits per heavy atom. The van der Waals surface area contributed by atoms with Gasteiger partial charge in [-0.15, -0.1) is 0 Å². The Kier molecular flexibility index (Phi) is 4.63. The zero-order chi connectivity index (χ0) is 18.8. The molecule has 1 aliphatic rings. The van der Waals surface area contributed by atoms with E-state index in [1.54, 1.807) is 13.2 Å². The minimum absolute atomic E-state index is 0.434. The topological polar surface area (TPSA) is 47.9 Å². The van der Waals surface area contributed by atoms with E-state index in [1.165, 1.54) is 5.56 Å². The fourth-order valence-corrected chi connectivity index (χ4v) is 3.76. The number of hydrogen-bond donors (Lipinski definition) is 0. The van der Waals surface area contributed by atoms with E-state index in [0.717, 1.165) is 52.6 Å². The number of rotatable bonds is 3. The van der Waals surface area contributed by atoms with Crippen LogP contribution >= 0.6 is 0 Å². The number of methoxy groups -OCH3 is 1. The van der Waals surface area contributed by atoms with E-state index in [9.17, 15) is 4.79 Å². The smallest absolute Gasteiger partial charge is 0.366 e. The van der Waals surface area contributed by atoms with Gasteiger partial charge in [0, 0.05) is 5.56 Å². The lowest BCUT2D eigenvalue weighted by molar-refractivity contribution is 0.0518. The van der Waals surface area contributed by atoms with Crippen LogP contribution in [-0.4, -0.2) is 18.8 Å². The number of nitrogens with zero attached hydrogens (tertiary/aromatic N) is 1. The van der Waals surface area contributed by atoms with Gasteiger partial charge in [-0.1, -0.05) is 41.6 Å². The molecule has 3 aromatic carbocycles. The van der Waals surface area contributed by atoms with E-state index < -0.39 is 5.97 Å². The molecule has 0 heterocycles. The molecule has 136 valence electrons. The zero-order valence-corrected chi connectivity index (χ0v) is 15.5. The van der Waals surface area contributed by atoms with Crippen molar-refractivity contribution >= 4 is 22.5 Å². The Morgan fingerprint density at radius 1 is 1.00 bits per heavy atom. The summed E-state index contributed by atoms with van der Waals surface area (Å²) in [4.78, 5) is 18.0. The average Bonchev–Trinajstić information content (AvgIpc) is 2.72. The number of carbonyl (C=O) groups is 1. The van der Waals surface area contributed by atoms with Gasteiger partial charge in [-0.3, -0.25) is 0 Å². The van der Waals surface area contributed by atoms with Gasteiger partial charge < -0.3 is 9.57 Å². The number of oxime groups is 1. The van der Waals surface area contributed by atoms with Crippen LogP contribution < -0.4 is 4.74 Å². The van der Waals surface area contributed by atoms with Crippen LogP contribution in [0.5, 0.6) is 5.75 Å². The molecule has 0 atom stereocenters. The lowest BCUT2D eigenvalue weighted by Crippen LogP contribution is -2.15. The minimum Gasteiger partial charge on any atom is -0.496 e. The van der Waals surface area contributed by atoms with Crippen molar-refractivity contribution in [3.63, 3.8) is 0 Å². The van der Waals surface area contributed by atoms with E-state index in [1.807, 2.05) is 48.5 Å². The van der Waals surface area contributed by atoms with Crippen molar-refractivity contribution in [2.75, 3.05) is 7.11 Å². The maximum absolute atomic E-state index is 12.6. The van der Waals surface area contributed by atoms with E-state index >= 15 is 0 Å². The Labute approximate surface area is 158 Å². The number of fused-ring (bicyclic) bond motifs is 2. The monoisotopic (exact) mass is 359 g/mol. The molecule has 0 saturated heterocycles. The molecule has 3 aromatic rings. The van der Waals surface area contributed by atoms with E-state index in [0.29, 0.717) is 5.56 Å². The van der Waals surface area contributed by atoms with Crippen LogP contribution in [0.1, 0.15) is 39.9 Å². The molecule has 4 heteroatoms. The highest BCUT2D eigenvalue weighted by molar-refractivity contribution is 6.06. The summed E-state index contributed by atoms with van der Waals surface area (Å²) in [5, 5.41) is 6.11. The van der Waals surface area contributed by atoms with Gasteiger partial charge in [0.05, 0.1) is 18.4 Å². The molecule has 0 spiro atoms. The molecule has 0 bridgehead atoms. The Morgan fingerprint density at radius 2 is 1.81 bits per heavy atom. The van der Waals surface area contributed by atoms with Crippen LogP contribution in [0, 0.1) is 6.92 Å². The third kappa shape index (κ3) is 3.19. The molecule has 1 aliphatic carbocycles. The van der Waals surface area contributed by atoms with Gasteiger partial charge >= 0.3 is 5.97 Å². The first kappa shape index (κ1) is 17.3.